The highest BCUT2D eigenvalue weighted by Gasteiger charge is 2.39. The molecule has 0 spiro atoms. The van der Waals surface area contributed by atoms with Crippen LogP contribution in [0.2, 0.25) is 0 Å². The second-order valence-electron chi connectivity index (χ2n) is 5.36. The van der Waals surface area contributed by atoms with Crippen LogP contribution < -0.4 is 0 Å². The minimum absolute atomic E-state index is 0.0949. The molecule has 1 aromatic rings. The molecule has 2 nitrogen and oxygen atoms in total. The van der Waals surface area contributed by atoms with Gasteiger partial charge in [0.15, 0.2) is 5.78 Å². The molecule has 0 aromatic heterocycles. The van der Waals surface area contributed by atoms with Gasteiger partial charge in [-0.1, -0.05) is 31.2 Å². The van der Waals surface area contributed by atoms with Gasteiger partial charge in [-0.15, -0.1) is 0 Å². The summed E-state index contributed by atoms with van der Waals surface area (Å²) < 4.78 is 0. The van der Waals surface area contributed by atoms with Gasteiger partial charge in [0.2, 0.25) is 0 Å². The van der Waals surface area contributed by atoms with Crippen LogP contribution >= 0.6 is 0 Å². The molecule has 2 rings (SSSR count). The summed E-state index contributed by atoms with van der Waals surface area (Å²) in [5, 5.41) is 10.5. The highest BCUT2D eigenvalue weighted by molar-refractivity contribution is 6.03. The van der Waals surface area contributed by atoms with Crippen molar-refractivity contribution in [2.45, 2.75) is 45.1 Å². The van der Waals surface area contributed by atoms with Crippen LogP contribution in [0.15, 0.2) is 24.3 Å². The fourth-order valence-electron chi connectivity index (χ4n) is 2.55. The summed E-state index contributed by atoms with van der Waals surface area (Å²) >= 11 is 0. The maximum absolute atomic E-state index is 12.4. The molecule has 0 heterocycles. The molecule has 92 valence electrons. The van der Waals surface area contributed by atoms with Gasteiger partial charge in [0, 0.05) is 5.56 Å². The molecule has 0 radical (unpaired) electrons. The third-order valence-electron chi connectivity index (χ3n) is 3.91. The molecule has 1 aliphatic rings. The highest BCUT2D eigenvalue weighted by atomic mass is 16.3. The van der Waals surface area contributed by atoms with Crippen molar-refractivity contribution in [1.82, 2.24) is 0 Å². The van der Waals surface area contributed by atoms with Gasteiger partial charge < -0.3 is 5.11 Å². The summed E-state index contributed by atoms with van der Waals surface area (Å²) in [6, 6.07) is 7.50. The van der Waals surface area contributed by atoms with E-state index in [0.717, 1.165) is 18.4 Å². The molecule has 1 aromatic carbocycles. The van der Waals surface area contributed by atoms with E-state index in [1.807, 2.05) is 31.2 Å². The van der Waals surface area contributed by atoms with E-state index in [2.05, 4.69) is 6.92 Å². The normalized spacial score (nSPS) is 29.0. The topological polar surface area (TPSA) is 37.3 Å². The van der Waals surface area contributed by atoms with Crippen LogP contribution in [0.4, 0.5) is 0 Å². The maximum atomic E-state index is 12.4. The Morgan fingerprint density at radius 3 is 2.47 bits per heavy atom. The Morgan fingerprint density at radius 1 is 1.29 bits per heavy atom. The lowest BCUT2D eigenvalue weighted by Crippen LogP contribution is -2.42. The number of hydrogen-bond acceptors (Lipinski definition) is 2. The number of carbonyl (C=O) groups excluding carboxylic acids is 1. The van der Waals surface area contributed by atoms with Crippen LogP contribution in [0.1, 0.15) is 48.5 Å². The van der Waals surface area contributed by atoms with Gasteiger partial charge in [-0.05, 0) is 44.1 Å². The molecule has 1 saturated carbocycles. The number of aliphatic hydroxyl groups is 1. The smallest absolute Gasteiger partial charge is 0.194 e. The monoisotopic (exact) mass is 232 g/mol. The molecule has 1 fully saturated rings. The van der Waals surface area contributed by atoms with E-state index in [9.17, 15) is 9.90 Å². The Balaban J connectivity index is 2.23. The number of rotatable bonds is 2. The Hall–Kier alpha value is -1.15. The minimum Gasteiger partial charge on any atom is -0.382 e. The lowest BCUT2D eigenvalue weighted by molar-refractivity contribution is 0.00420. The third kappa shape index (κ3) is 2.42. The standard InChI is InChI=1S/C15H20O2/c1-11-7-9-15(17,10-8-11)14(16)13-6-4-3-5-12(13)2/h3-6,11,17H,7-10H2,1-2H3. The average molecular weight is 232 g/mol. The zero-order chi connectivity index (χ0) is 12.5. The van der Waals surface area contributed by atoms with Gasteiger partial charge in [0.05, 0.1) is 0 Å². The largest absolute Gasteiger partial charge is 0.382 e. The molecule has 0 unspecified atom stereocenters. The Kier molecular flexibility index (Phi) is 3.34. The van der Waals surface area contributed by atoms with Crippen LogP contribution in [-0.4, -0.2) is 16.5 Å². The molecule has 17 heavy (non-hydrogen) atoms. The molecule has 0 saturated heterocycles. The first-order chi connectivity index (χ1) is 8.03. The van der Waals surface area contributed by atoms with Gasteiger partial charge in [-0.3, -0.25) is 4.79 Å². The van der Waals surface area contributed by atoms with Crippen molar-refractivity contribution in [3.05, 3.63) is 35.4 Å². The molecule has 0 atom stereocenters. The quantitative estimate of drug-likeness (QED) is 0.795. The third-order valence-corrected chi connectivity index (χ3v) is 3.91. The lowest BCUT2D eigenvalue weighted by atomic mass is 9.75. The Morgan fingerprint density at radius 2 is 1.88 bits per heavy atom. The highest BCUT2D eigenvalue weighted by Crippen LogP contribution is 2.34. The molecule has 0 aliphatic heterocycles. The maximum Gasteiger partial charge on any atom is 0.194 e. The van der Waals surface area contributed by atoms with Crippen molar-refractivity contribution in [2.75, 3.05) is 0 Å². The van der Waals surface area contributed by atoms with Gasteiger partial charge in [-0.25, -0.2) is 0 Å². The molecule has 0 amide bonds. The van der Waals surface area contributed by atoms with Crippen LogP contribution in [0.5, 0.6) is 0 Å². The van der Waals surface area contributed by atoms with E-state index in [4.69, 9.17) is 0 Å². The molecule has 1 N–H and O–H groups in total. The van der Waals surface area contributed by atoms with Crippen molar-refractivity contribution in [2.24, 2.45) is 5.92 Å². The number of ketones is 1. The van der Waals surface area contributed by atoms with E-state index in [0.29, 0.717) is 24.3 Å². The van der Waals surface area contributed by atoms with Crippen LogP contribution in [0, 0.1) is 12.8 Å². The number of carbonyl (C=O) groups is 1. The predicted octanol–water partition coefficient (Wildman–Crippen LogP) is 3.12. The fraction of sp³-hybridized carbons (Fsp3) is 0.533. The molecular weight excluding hydrogens is 212 g/mol. The number of benzene rings is 1. The summed E-state index contributed by atoms with van der Waals surface area (Å²) in [4.78, 5) is 12.4. The summed E-state index contributed by atoms with van der Waals surface area (Å²) in [6.45, 7) is 4.10. The minimum atomic E-state index is -1.13. The van der Waals surface area contributed by atoms with Crippen LogP contribution in [0.25, 0.3) is 0 Å². The SMILES string of the molecule is Cc1ccccc1C(=O)C1(O)CCC(C)CC1. The van der Waals surface area contributed by atoms with E-state index < -0.39 is 5.60 Å². The fourth-order valence-corrected chi connectivity index (χ4v) is 2.55. The number of aryl methyl sites for hydroxylation is 1. The second-order valence-corrected chi connectivity index (χ2v) is 5.36. The number of Topliss-reactive ketones (excluding diaryl/α,β-unsaturated/α-hetero) is 1. The first-order valence-corrected chi connectivity index (χ1v) is 6.36. The van der Waals surface area contributed by atoms with Crippen molar-refractivity contribution in [3.63, 3.8) is 0 Å². The Bertz CT molecular complexity index is 415. The van der Waals surface area contributed by atoms with Crippen molar-refractivity contribution < 1.29 is 9.90 Å². The Labute approximate surface area is 103 Å². The van der Waals surface area contributed by atoms with Crippen LogP contribution in [-0.2, 0) is 0 Å². The van der Waals surface area contributed by atoms with Gasteiger partial charge in [0.25, 0.3) is 0 Å². The average Bonchev–Trinajstić information content (AvgIpc) is 2.33. The van der Waals surface area contributed by atoms with Crippen molar-refractivity contribution >= 4 is 5.78 Å². The van der Waals surface area contributed by atoms with Gasteiger partial charge in [0.1, 0.15) is 5.60 Å². The van der Waals surface area contributed by atoms with E-state index in [1.165, 1.54) is 0 Å². The second kappa shape index (κ2) is 4.61. The summed E-state index contributed by atoms with van der Waals surface area (Å²) in [6.07, 6.45) is 3.07. The van der Waals surface area contributed by atoms with E-state index in [1.54, 1.807) is 0 Å². The van der Waals surface area contributed by atoms with Crippen molar-refractivity contribution in [3.8, 4) is 0 Å². The molecule has 0 bridgehead atoms. The first-order valence-electron chi connectivity index (χ1n) is 6.36. The summed E-state index contributed by atoms with van der Waals surface area (Å²) in [5.74, 6) is 0.530. The summed E-state index contributed by atoms with van der Waals surface area (Å²) in [7, 11) is 0. The lowest BCUT2D eigenvalue weighted by Gasteiger charge is -2.33. The van der Waals surface area contributed by atoms with E-state index in [-0.39, 0.29) is 5.78 Å². The molecular formula is C15H20O2. The predicted molar refractivity (Wildman–Crippen MR) is 68.1 cm³/mol. The number of hydrogen-bond donors (Lipinski definition) is 1. The van der Waals surface area contributed by atoms with Crippen LogP contribution in [0.3, 0.4) is 0 Å². The molecule has 2 heteroatoms. The van der Waals surface area contributed by atoms with Crippen molar-refractivity contribution in [1.29, 1.82) is 0 Å². The van der Waals surface area contributed by atoms with Gasteiger partial charge in [-0.2, -0.15) is 0 Å². The summed E-state index contributed by atoms with van der Waals surface area (Å²) in [5.41, 5.74) is 0.493. The molecule has 1 aliphatic carbocycles. The first kappa shape index (κ1) is 12.3. The zero-order valence-electron chi connectivity index (χ0n) is 10.6. The zero-order valence-corrected chi connectivity index (χ0v) is 10.6. The van der Waals surface area contributed by atoms with E-state index >= 15 is 0 Å². The van der Waals surface area contributed by atoms with Gasteiger partial charge >= 0.3 is 0 Å².